The molecule has 4 fully saturated rings. The van der Waals surface area contributed by atoms with Crippen molar-refractivity contribution in [1.29, 1.82) is 0 Å². The number of Topliss-reactive ketones (excluding diaryl/α,β-unsaturated/α-hetero) is 2. The molecule has 4 aliphatic rings. The van der Waals surface area contributed by atoms with Gasteiger partial charge < -0.3 is 14.6 Å². The molecular formula is C26H36O7. The number of hydrogen-bond donors (Lipinski definition) is 1. The van der Waals surface area contributed by atoms with Gasteiger partial charge in [0.05, 0.1) is 12.5 Å². The van der Waals surface area contributed by atoms with Crippen molar-refractivity contribution in [2.24, 2.45) is 33.5 Å². The van der Waals surface area contributed by atoms with Gasteiger partial charge in [-0.15, -0.1) is 0 Å². The van der Waals surface area contributed by atoms with Crippen molar-refractivity contribution in [1.82, 2.24) is 0 Å². The molecule has 1 aliphatic heterocycles. The number of aliphatic hydroxyl groups is 1. The molecule has 0 aromatic rings. The summed E-state index contributed by atoms with van der Waals surface area (Å²) in [4.78, 5) is 53.7. The Hall–Kier alpha value is -2.02. The first kappa shape index (κ1) is 24.1. The second-order valence-electron chi connectivity index (χ2n) is 12.1. The molecule has 0 spiro atoms. The number of fused-ring (bicyclic) bond motifs is 6. The van der Waals surface area contributed by atoms with E-state index in [1.165, 1.54) is 14.0 Å². The molecule has 3 saturated carbocycles. The topological polar surface area (TPSA) is 107 Å². The average molecular weight is 461 g/mol. The van der Waals surface area contributed by atoms with Gasteiger partial charge in [-0.1, -0.05) is 20.4 Å². The first-order valence-corrected chi connectivity index (χ1v) is 11.8. The molecule has 7 atom stereocenters. The van der Waals surface area contributed by atoms with E-state index in [2.05, 4.69) is 13.5 Å². The third-order valence-electron chi connectivity index (χ3n) is 10.2. The summed E-state index contributed by atoms with van der Waals surface area (Å²) in [5.41, 5.74) is -7.41. The summed E-state index contributed by atoms with van der Waals surface area (Å²) in [6.45, 7) is 14.9. The zero-order valence-electron chi connectivity index (χ0n) is 20.8. The fourth-order valence-corrected chi connectivity index (χ4v) is 8.63. The average Bonchev–Trinajstić information content (AvgIpc) is 2.81. The highest BCUT2D eigenvalue weighted by atomic mass is 16.6. The van der Waals surface area contributed by atoms with Crippen LogP contribution in [0.4, 0.5) is 0 Å². The van der Waals surface area contributed by atoms with Gasteiger partial charge in [-0.05, 0) is 75.7 Å². The van der Waals surface area contributed by atoms with Gasteiger partial charge in [0.1, 0.15) is 5.60 Å². The number of ether oxygens (including phenoxy) is 2. The molecule has 182 valence electrons. The van der Waals surface area contributed by atoms with Crippen molar-refractivity contribution in [2.75, 3.05) is 7.11 Å². The monoisotopic (exact) mass is 460 g/mol. The predicted octanol–water partition coefficient (Wildman–Crippen LogP) is 3.17. The lowest BCUT2D eigenvalue weighted by atomic mass is 9.31. The van der Waals surface area contributed by atoms with Gasteiger partial charge in [-0.2, -0.15) is 0 Å². The number of carbonyl (C=O) groups excluding carboxylic acids is 4. The number of cyclic esters (lactones) is 1. The Balaban J connectivity index is 2.04. The highest BCUT2D eigenvalue weighted by molar-refractivity contribution is 6.26. The van der Waals surface area contributed by atoms with Crippen LogP contribution >= 0.6 is 0 Å². The summed E-state index contributed by atoms with van der Waals surface area (Å²) < 4.78 is 11.1. The molecule has 0 aromatic carbocycles. The van der Waals surface area contributed by atoms with Crippen LogP contribution in [0.25, 0.3) is 0 Å². The van der Waals surface area contributed by atoms with Gasteiger partial charge in [-0.25, -0.2) is 0 Å². The van der Waals surface area contributed by atoms with Crippen LogP contribution in [-0.4, -0.2) is 46.9 Å². The maximum absolute atomic E-state index is 14.0. The summed E-state index contributed by atoms with van der Waals surface area (Å²) in [6, 6.07) is 0. The fourth-order valence-electron chi connectivity index (χ4n) is 8.63. The van der Waals surface area contributed by atoms with Crippen molar-refractivity contribution < 1.29 is 33.8 Å². The molecule has 0 amide bonds. The van der Waals surface area contributed by atoms with E-state index in [1.54, 1.807) is 6.92 Å². The van der Waals surface area contributed by atoms with Crippen LogP contribution in [-0.2, 0) is 28.7 Å². The first-order valence-electron chi connectivity index (χ1n) is 11.8. The first-order chi connectivity index (χ1) is 15.0. The van der Waals surface area contributed by atoms with Crippen LogP contribution in [0.5, 0.6) is 0 Å². The maximum Gasteiger partial charge on any atom is 0.324 e. The molecule has 33 heavy (non-hydrogen) atoms. The van der Waals surface area contributed by atoms with E-state index in [1.807, 2.05) is 20.8 Å². The van der Waals surface area contributed by atoms with Gasteiger partial charge in [0, 0.05) is 12.3 Å². The van der Waals surface area contributed by atoms with E-state index < -0.39 is 50.4 Å². The van der Waals surface area contributed by atoms with E-state index in [0.29, 0.717) is 25.7 Å². The molecule has 2 unspecified atom stereocenters. The highest BCUT2D eigenvalue weighted by Gasteiger charge is 2.81. The lowest BCUT2D eigenvalue weighted by Gasteiger charge is -2.70. The number of esters is 2. The molecule has 7 nitrogen and oxygen atoms in total. The van der Waals surface area contributed by atoms with Crippen molar-refractivity contribution in [3.8, 4) is 0 Å². The Kier molecular flexibility index (Phi) is 4.79. The quantitative estimate of drug-likeness (QED) is 0.364. The number of ketones is 2. The van der Waals surface area contributed by atoms with E-state index in [-0.39, 0.29) is 29.8 Å². The molecule has 2 bridgehead atoms. The molecule has 0 aromatic heterocycles. The van der Waals surface area contributed by atoms with E-state index in [0.717, 1.165) is 0 Å². The van der Waals surface area contributed by atoms with Crippen LogP contribution < -0.4 is 0 Å². The van der Waals surface area contributed by atoms with Gasteiger partial charge in [0.15, 0.2) is 22.6 Å². The Morgan fingerprint density at radius 3 is 2.21 bits per heavy atom. The second-order valence-corrected chi connectivity index (χ2v) is 12.1. The minimum atomic E-state index is -2.32. The van der Waals surface area contributed by atoms with Crippen LogP contribution in [0.1, 0.15) is 73.6 Å². The minimum Gasteiger partial charge on any atom is -0.468 e. The molecular weight excluding hydrogens is 424 g/mol. The van der Waals surface area contributed by atoms with Crippen molar-refractivity contribution in [3.63, 3.8) is 0 Å². The van der Waals surface area contributed by atoms with Gasteiger partial charge in [-0.3, -0.25) is 19.2 Å². The second kappa shape index (κ2) is 6.55. The largest absolute Gasteiger partial charge is 0.468 e. The summed E-state index contributed by atoms with van der Waals surface area (Å²) in [6.07, 6.45) is 2.18. The van der Waals surface area contributed by atoms with Crippen LogP contribution in [0.3, 0.4) is 0 Å². The third-order valence-corrected chi connectivity index (χ3v) is 10.2. The van der Waals surface area contributed by atoms with Crippen molar-refractivity contribution in [3.05, 3.63) is 12.2 Å². The summed E-state index contributed by atoms with van der Waals surface area (Å²) >= 11 is 0. The normalized spacial score (nSPS) is 48.8. The number of carbonyl (C=O) groups is 4. The summed E-state index contributed by atoms with van der Waals surface area (Å²) in [7, 11) is 1.22. The van der Waals surface area contributed by atoms with Crippen LogP contribution in [0.15, 0.2) is 12.2 Å². The summed E-state index contributed by atoms with van der Waals surface area (Å²) in [5, 5.41) is 11.2. The van der Waals surface area contributed by atoms with Crippen molar-refractivity contribution in [2.45, 2.75) is 84.8 Å². The lowest BCUT2D eigenvalue weighted by Crippen LogP contribution is -2.77. The molecule has 3 aliphatic carbocycles. The van der Waals surface area contributed by atoms with Crippen LogP contribution in [0, 0.1) is 33.5 Å². The number of rotatable bonds is 1. The Morgan fingerprint density at radius 2 is 1.64 bits per heavy atom. The smallest absolute Gasteiger partial charge is 0.324 e. The van der Waals surface area contributed by atoms with Crippen molar-refractivity contribution >= 4 is 23.5 Å². The van der Waals surface area contributed by atoms with Gasteiger partial charge in [0.2, 0.25) is 0 Å². The number of hydrogen-bond acceptors (Lipinski definition) is 7. The number of methoxy groups -OCH3 is 1. The Labute approximate surface area is 195 Å². The van der Waals surface area contributed by atoms with Crippen LogP contribution in [0.2, 0.25) is 0 Å². The Bertz CT molecular complexity index is 983. The van der Waals surface area contributed by atoms with Gasteiger partial charge in [0.25, 0.3) is 0 Å². The molecule has 4 rings (SSSR count). The summed E-state index contributed by atoms with van der Waals surface area (Å²) in [5.74, 6) is -2.81. The molecule has 1 heterocycles. The standard InChI is InChI=1S/C26H36O7/c1-14-23(5)13-16-22(4)11-10-17(27)33-21(2,3)15(22)9-12-24(16,6)26(14,20(30)32-8)19(29)25(7,31)18(23)28/h15-16,31H,1,9-13H2,2-8H3/t15?,16?,22-,23-,24+,25-,26+/m0/s1. The fraction of sp³-hybridized carbons (Fsp3) is 0.769. The highest BCUT2D eigenvalue weighted by Crippen LogP contribution is 2.75. The Morgan fingerprint density at radius 1 is 1.03 bits per heavy atom. The maximum atomic E-state index is 14.0. The van der Waals surface area contributed by atoms with E-state index in [9.17, 15) is 24.3 Å². The molecule has 1 saturated heterocycles. The zero-order valence-corrected chi connectivity index (χ0v) is 20.8. The molecule has 0 radical (unpaired) electrons. The van der Waals surface area contributed by atoms with Gasteiger partial charge >= 0.3 is 11.9 Å². The zero-order chi connectivity index (χ0) is 25.0. The van der Waals surface area contributed by atoms with E-state index >= 15 is 0 Å². The predicted molar refractivity (Wildman–Crippen MR) is 119 cm³/mol. The van der Waals surface area contributed by atoms with E-state index in [4.69, 9.17) is 9.47 Å². The third kappa shape index (κ3) is 2.50. The minimum absolute atomic E-state index is 0.0226. The molecule has 7 heteroatoms. The lowest BCUT2D eigenvalue weighted by molar-refractivity contribution is -0.221. The SMILES string of the molecule is C=C1[C@]2(C)CC3[C@@]4(C)CCC(=O)OC(C)(C)C4CC[C@@]3(C)[C@@]1(C(=O)OC)C(=O)[C@@](C)(O)C2=O. The molecule has 1 N–H and O–H groups in total.